The van der Waals surface area contributed by atoms with Crippen LogP contribution in [-0.4, -0.2) is 51.3 Å². The Labute approximate surface area is 161 Å². The monoisotopic (exact) mass is 380 g/mol. The van der Waals surface area contributed by atoms with E-state index in [1.807, 2.05) is 18.2 Å². The second-order valence-electron chi connectivity index (χ2n) is 6.35. The van der Waals surface area contributed by atoms with Gasteiger partial charge in [0.1, 0.15) is 0 Å². The Morgan fingerprint density at radius 3 is 3.00 bits per heavy atom. The Balaban J connectivity index is 1.80. The van der Waals surface area contributed by atoms with E-state index in [1.165, 1.54) is 7.11 Å². The van der Waals surface area contributed by atoms with Gasteiger partial charge in [-0.2, -0.15) is 0 Å². The summed E-state index contributed by atoms with van der Waals surface area (Å²) in [4.78, 5) is 18.1. The molecule has 1 aromatic rings. The molecule has 2 N–H and O–H groups in total. The summed E-state index contributed by atoms with van der Waals surface area (Å²) >= 11 is 6.10. The van der Waals surface area contributed by atoms with E-state index < -0.39 is 0 Å². The van der Waals surface area contributed by atoms with Crippen molar-refractivity contribution < 1.29 is 9.53 Å². The van der Waals surface area contributed by atoms with Crippen LogP contribution in [0.2, 0.25) is 5.02 Å². The summed E-state index contributed by atoms with van der Waals surface area (Å²) in [5.41, 5.74) is 1.16. The average molecular weight is 381 g/mol. The fourth-order valence-electron chi connectivity index (χ4n) is 2.97. The molecule has 1 fully saturated rings. The van der Waals surface area contributed by atoms with Gasteiger partial charge in [-0.15, -0.1) is 0 Å². The van der Waals surface area contributed by atoms with Gasteiger partial charge < -0.3 is 20.3 Å². The second kappa shape index (κ2) is 10.9. The molecule has 1 heterocycles. The quantitative estimate of drug-likeness (QED) is 0.314. The Bertz CT molecular complexity index is 609. The van der Waals surface area contributed by atoms with Crippen LogP contribution in [0.25, 0.3) is 0 Å². The number of ether oxygens (including phenoxy) is 1. The zero-order valence-electron chi connectivity index (χ0n) is 15.6. The molecular formula is C19H29ClN4O2. The lowest BCUT2D eigenvalue weighted by Crippen LogP contribution is -2.44. The van der Waals surface area contributed by atoms with E-state index in [2.05, 4.69) is 38.3 Å². The summed E-state index contributed by atoms with van der Waals surface area (Å²) in [6.07, 6.45) is 3.17. The van der Waals surface area contributed by atoms with Crippen LogP contribution < -0.4 is 15.5 Å². The normalized spacial score (nSPS) is 17.3. The lowest BCUT2D eigenvalue weighted by molar-refractivity contribution is -0.140. The van der Waals surface area contributed by atoms with Crippen molar-refractivity contribution in [1.29, 1.82) is 0 Å². The van der Waals surface area contributed by atoms with Gasteiger partial charge in [-0.25, -0.2) is 0 Å². The number of anilines is 1. The highest BCUT2D eigenvalue weighted by Crippen LogP contribution is 2.23. The van der Waals surface area contributed by atoms with E-state index in [-0.39, 0.29) is 5.97 Å². The number of hydrogen-bond donors (Lipinski definition) is 2. The van der Waals surface area contributed by atoms with Crippen LogP contribution >= 0.6 is 11.6 Å². The van der Waals surface area contributed by atoms with E-state index in [9.17, 15) is 4.79 Å². The molecule has 1 aliphatic rings. The maximum Gasteiger partial charge on any atom is 0.305 e. The fourth-order valence-corrected chi connectivity index (χ4v) is 3.16. The molecule has 0 amide bonds. The smallest absolute Gasteiger partial charge is 0.305 e. The van der Waals surface area contributed by atoms with Gasteiger partial charge in [0.2, 0.25) is 0 Å². The number of unbranched alkanes of at least 4 members (excludes halogenated alkanes) is 1. The predicted octanol–water partition coefficient (Wildman–Crippen LogP) is 2.82. The van der Waals surface area contributed by atoms with Crippen LogP contribution in [0.3, 0.4) is 0 Å². The summed E-state index contributed by atoms with van der Waals surface area (Å²) in [6.45, 7) is 5.49. The number of methoxy groups -OCH3 is 1. The van der Waals surface area contributed by atoms with Gasteiger partial charge in [0, 0.05) is 49.4 Å². The first-order valence-electron chi connectivity index (χ1n) is 9.24. The van der Waals surface area contributed by atoms with Crippen molar-refractivity contribution in [3.63, 3.8) is 0 Å². The topological polar surface area (TPSA) is 66.0 Å². The van der Waals surface area contributed by atoms with E-state index in [0.29, 0.717) is 19.0 Å². The van der Waals surface area contributed by atoms with Crippen molar-refractivity contribution in [2.24, 2.45) is 4.99 Å². The summed E-state index contributed by atoms with van der Waals surface area (Å²) in [5.74, 6) is 0.676. The van der Waals surface area contributed by atoms with Crippen LogP contribution in [0.4, 0.5) is 5.69 Å². The number of esters is 1. The minimum Gasteiger partial charge on any atom is -0.469 e. The molecule has 0 aliphatic carbocycles. The predicted molar refractivity (Wildman–Crippen MR) is 107 cm³/mol. The molecule has 0 bridgehead atoms. The van der Waals surface area contributed by atoms with E-state index in [1.54, 1.807) is 0 Å². The number of guanidine groups is 1. The molecule has 144 valence electrons. The first-order chi connectivity index (χ1) is 12.6. The third-order valence-electron chi connectivity index (χ3n) is 4.33. The second-order valence-corrected chi connectivity index (χ2v) is 6.79. The van der Waals surface area contributed by atoms with Gasteiger partial charge in [0.25, 0.3) is 0 Å². The van der Waals surface area contributed by atoms with Crippen LogP contribution in [0, 0.1) is 0 Å². The van der Waals surface area contributed by atoms with Crippen LogP contribution in [0.15, 0.2) is 29.3 Å². The number of hydrogen-bond acceptors (Lipinski definition) is 4. The molecule has 0 saturated carbocycles. The van der Waals surface area contributed by atoms with Crippen LogP contribution in [0.5, 0.6) is 0 Å². The number of rotatable bonds is 8. The van der Waals surface area contributed by atoms with Crippen molar-refractivity contribution in [1.82, 2.24) is 10.6 Å². The number of aliphatic imine (C=N–C) groups is 1. The van der Waals surface area contributed by atoms with Gasteiger partial charge >= 0.3 is 5.97 Å². The number of halogens is 1. The molecule has 0 spiro atoms. The molecule has 1 aliphatic heterocycles. The Kier molecular flexibility index (Phi) is 8.54. The third-order valence-corrected chi connectivity index (χ3v) is 4.57. The number of nitrogens with zero attached hydrogens (tertiary/aromatic N) is 2. The Hall–Kier alpha value is -1.95. The maximum atomic E-state index is 11.1. The summed E-state index contributed by atoms with van der Waals surface area (Å²) in [5, 5.41) is 7.57. The molecule has 7 heteroatoms. The third kappa shape index (κ3) is 6.75. The number of benzene rings is 1. The lowest BCUT2D eigenvalue weighted by atomic mass is 10.2. The lowest BCUT2D eigenvalue weighted by Gasteiger charge is -2.20. The van der Waals surface area contributed by atoms with Crippen LogP contribution in [0.1, 0.15) is 32.6 Å². The zero-order chi connectivity index (χ0) is 18.8. The van der Waals surface area contributed by atoms with Crippen molar-refractivity contribution in [2.75, 3.05) is 38.2 Å². The highest BCUT2D eigenvalue weighted by Gasteiger charge is 2.23. The minimum atomic E-state index is -0.161. The van der Waals surface area contributed by atoms with Gasteiger partial charge in [0.15, 0.2) is 5.96 Å². The Morgan fingerprint density at radius 1 is 1.42 bits per heavy atom. The molecule has 1 aromatic carbocycles. The van der Waals surface area contributed by atoms with E-state index >= 15 is 0 Å². The van der Waals surface area contributed by atoms with Gasteiger partial charge in [-0.05, 0) is 44.4 Å². The zero-order valence-corrected chi connectivity index (χ0v) is 16.4. The van der Waals surface area contributed by atoms with E-state index in [4.69, 9.17) is 11.6 Å². The maximum absolute atomic E-state index is 11.1. The average Bonchev–Trinajstić information content (AvgIpc) is 3.10. The van der Waals surface area contributed by atoms with Crippen LogP contribution in [-0.2, 0) is 9.53 Å². The molecule has 26 heavy (non-hydrogen) atoms. The molecule has 1 atom stereocenters. The number of carbonyl (C=O) groups excluding carboxylic acids is 1. The summed E-state index contributed by atoms with van der Waals surface area (Å²) in [6, 6.07) is 8.33. The molecule has 0 aromatic heterocycles. The summed E-state index contributed by atoms with van der Waals surface area (Å²) < 4.78 is 4.65. The first kappa shape index (κ1) is 20.4. The number of carbonyl (C=O) groups is 1. The Morgan fingerprint density at radius 2 is 2.27 bits per heavy atom. The summed E-state index contributed by atoms with van der Waals surface area (Å²) in [7, 11) is 1.42. The highest BCUT2D eigenvalue weighted by atomic mass is 35.5. The molecule has 2 rings (SSSR count). The molecule has 1 unspecified atom stereocenters. The largest absolute Gasteiger partial charge is 0.469 e. The van der Waals surface area contributed by atoms with Gasteiger partial charge in [-0.1, -0.05) is 17.7 Å². The van der Waals surface area contributed by atoms with E-state index in [0.717, 1.165) is 55.6 Å². The molecule has 0 radical (unpaired) electrons. The highest BCUT2D eigenvalue weighted by molar-refractivity contribution is 6.30. The van der Waals surface area contributed by atoms with Crippen molar-refractivity contribution in [3.05, 3.63) is 29.3 Å². The first-order valence-corrected chi connectivity index (χ1v) is 9.62. The van der Waals surface area contributed by atoms with Gasteiger partial charge in [0.05, 0.1) is 7.11 Å². The fraction of sp³-hybridized carbons (Fsp3) is 0.579. The SMILES string of the molecule is CCNC(=NCCCCC(=O)OC)NC1CCN(c2cccc(Cl)c2)C1. The standard InChI is InChI=1S/C19H29ClN4O2/c1-3-21-19(22-11-5-4-9-18(25)26-2)23-16-10-12-24(14-16)17-8-6-7-15(20)13-17/h6-8,13,16H,3-5,9-12,14H2,1-2H3,(H2,21,22,23). The minimum absolute atomic E-state index is 0.161. The van der Waals surface area contributed by atoms with Crippen molar-refractivity contribution in [3.8, 4) is 0 Å². The molecular weight excluding hydrogens is 352 g/mol. The molecule has 6 nitrogen and oxygen atoms in total. The number of nitrogens with one attached hydrogen (secondary N) is 2. The van der Waals surface area contributed by atoms with Gasteiger partial charge in [-0.3, -0.25) is 9.79 Å². The van der Waals surface area contributed by atoms with Crippen molar-refractivity contribution in [2.45, 2.75) is 38.6 Å². The van der Waals surface area contributed by atoms with Crippen molar-refractivity contribution >= 4 is 29.2 Å². The molecule has 1 saturated heterocycles.